The zero-order valence-electron chi connectivity index (χ0n) is 12.1. The lowest BCUT2D eigenvalue weighted by atomic mass is 9.84. The van der Waals surface area contributed by atoms with Crippen molar-refractivity contribution >= 4 is 22.4 Å². The molecule has 1 aromatic carbocycles. The highest BCUT2D eigenvalue weighted by Gasteiger charge is 2.24. The van der Waals surface area contributed by atoms with Crippen molar-refractivity contribution in [2.75, 3.05) is 12.8 Å². The Bertz CT molecular complexity index is 446. The van der Waals surface area contributed by atoms with E-state index in [-0.39, 0.29) is 0 Å². The zero-order chi connectivity index (χ0) is 14.4. The maximum Gasteiger partial charge on any atom is 0.0501 e. The smallest absolute Gasteiger partial charge is 0.0501 e. The van der Waals surface area contributed by atoms with E-state index in [1.165, 1.54) is 32.1 Å². The zero-order valence-corrected chi connectivity index (χ0v) is 13.7. The Morgan fingerprint density at radius 2 is 2.00 bits per heavy atom. The number of rotatable bonds is 6. The van der Waals surface area contributed by atoms with Crippen LogP contribution in [0.3, 0.4) is 0 Å². The largest absolute Gasteiger partial charge is 0.316 e. The van der Waals surface area contributed by atoms with Crippen LogP contribution in [0.2, 0.25) is 5.02 Å². The second-order valence-electron chi connectivity index (χ2n) is 5.64. The van der Waals surface area contributed by atoms with E-state index in [2.05, 4.69) is 5.32 Å². The van der Waals surface area contributed by atoms with Crippen LogP contribution in [-0.2, 0) is 16.6 Å². The summed E-state index contributed by atoms with van der Waals surface area (Å²) in [4.78, 5) is 0. The summed E-state index contributed by atoms with van der Waals surface area (Å²) in [5.74, 6) is 1.97. The molecule has 1 aliphatic carbocycles. The van der Waals surface area contributed by atoms with Crippen LogP contribution >= 0.6 is 11.6 Å². The molecule has 1 N–H and O–H groups in total. The van der Waals surface area contributed by atoms with Crippen LogP contribution in [0.15, 0.2) is 24.3 Å². The molecule has 0 saturated heterocycles. The van der Waals surface area contributed by atoms with Gasteiger partial charge in [0.15, 0.2) is 0 Å². The molecule has 0 radical (unpaired) electrons. The third kappa shape index (κ3) is 4.57. The molecule has 0 bridgehead atoms. The van der Waals surface area contributed by atoms with Crippen LogP contribution in [0.5, 0.6) is 0 Å². The van der Waals surface area contributed by atoms with Crippen molar-refractivity contribution in [3.63, 3.8) is 0 Å². The molecular formula is C16H24ClNOS. The molecule has 4 heteroatoms. The third-order valence-electron chi connectivity index (χ3n) is 4.23. The van der Waals surface area contributed by atoms with Gasteiger partial charge in [-0.25, -0.2) is 0 Å². The summed E-state index contributed by atoms with van der Waals surface area (Å²) in [6.07, 6.45) is 6.54. The number of benzene rings is 1. The lowest BCUT2D eigenvalue weighted by Gasteiger charge is -2.29. The highest BCUT2D eigenvalue weighted by atomic mass is 35.5. The highest BCUT2D eigenvalue weighted by Crippen LogP contribution is 2.27. The number of hydrogen-bond acceptors (Lipinski definition) is 2. The lowest BCUT2D eigenvalue weighted by Crippen LogP contribution is -2.39. The maximum absolute atomic E-state index is 12.4. The van der Waals surface area contributed by atoms with Crippen molar-refractivity contribution in [2.24, 2.45) is 5.92 Å². The van der Waals surface area contributed by atoms with Gasteiger partial charge in [0, 0.05) is 27.6 Å². The summed E-state index contributed by atoms with van der Waals surface area (Å²) in [6.45, 7) is 0. The lowest BCUT2D eigenvalue weighted by molar-refractivity contribution is 0.294. The van der Waals surface area contributed by atoms with Crippen molar-refractivity contribution in [2.45, 2.75) is 43.9 Å². The molecule has 0 spiro atoms. The second kappa shape index (κ2) is 8.16. The molecule has 0 amide bonds. The van der Waals surface area contributed by atoms with E-state index in [4.69, 9.17) is 11.6 Å². The Kier molecular flexibility index (Phi) is 6.53. The Hall–Kier alpha value is -0.380. The van der Waals surface area contributed by atoms with E-state index >= 15 is 0 Å². The van der Waals surface area contributed by atoms with Gasteiger partial charge in [-0.1, -0.05) is 49.1 Å². The quantitative estimate of drug-likeness (QED) is 0.866. The van der Waals surface area contributed by atoms with Crippen LogP contribution in [0.4, 0.5) is 0 Å². The fraction of sp³-hybridized carbons (Fsp3) is 0.625. The van der Waals surface area contributed by atoms with Gasteiger partial charge in [0.25, 0.3) is 0 Å². The molecule has 1 saturated carbocycles. The average molecular weight is 314 g/mol. The van der Waals surface area contributed by atoms with Crippen molar-refractivity contribution in [1.29, 1.82) is 0 Å². The molecule has 1 aromatic rings. The van der Waals surface area contributed by atoms with Gasteiger partial charge in [-0.05, 0) is 37.4 Å². The topological polar surface area (TPSA) is 29.1 Å². The fourth-order valence-corrected chi connectivity index (χ4v) is 4.88. The first-order chi connectivity index (χ1) is 9.70. The Balaban J connectivity index is 1.90. The molecule has 1 aliphatic rings. The van der Waals surface area contributed by atoms with E-state index in [0.29, 0.717) is 17.7 Å². The first kappa shape index (κ1) is 16.0. The van der Waals surface area contributed by atoms with E-state index < -0.39 is 10.8 Å². The van der Waals surface area contributed by atoms with Gasteiger partial charge in [0.05, 0.1) is 5.75 Å². The third-order valence-corrected chi connectivity index (χ3v) is 5.96. The molecule has 1 fully saturated rings. The minimum Gasteiger partial charge on any atom is -0.316 e. The van der Waals surface area contributed by atoms with Crippen molar-refractivity contribution in [3.8, 4) is 0 Å². The molecule has 2 unspecified atom stereocenters. The summed E-state index contributed by atoms with van der Waals surface area (Å²) in [5.41, 5.74) is 0.992. The van der Waals surface area contributed by atoms with Gasteiger partial charge < -0.3 is 5.32 Å². The molecule has 0 aromatic heterocycles. The molecule has 0 aliphatic heterocycles. The van der Waals surface area contributed by atoms with Gasteiger partial charge in [-0.15, -0.1) is 0 Å². The normalized spacial score (nSPS) is 19.7. The Morgan fingerprint density at radius 1 is 1.30 bits per heavy atom. The number of halogens is 1. The van der Waals surface area contributed by atoms with Gasteiger partial charge >= 0.3 is 0 Å². The van der Waals surface area contributed by atoms with E-state index in [9.17, 15) is 4.21 Å². The molecule has 0 heterocycles. The average Bonchev–Trinajstić information content (AvgIpc) is 2.48. The summed E-state index contributed by atoms with van der Waals surface area (Å²) in [6, 6.07) is 8.07. The van der Waals surface area contributed by atoms with Crippen molar-refractivity contribution in [1.82, 2.24) is 5.32 Å². The van der Waals surface area contributed by atoms with E-state index in [0.717, 1.165) is 16.3 Å². The maximum atomic E-state index is 12.4. The van der Waals surface area contributed by atoms with Crippen LogP contribution in [0.25, 0.3) is 0 Å². The van der Waals surface area contributed by atoms with Crippen LogP contribution in [0, 0.1) is 5.92 Å². The minimum atomic E-state index is -0.860. The van der Waals surface area contributed by atoms with Crippen LogP contribution in [0.1, 0.15) is 37.7 Å². The molecule has 2 nitrogen and oxygen atoms in total. The van der Waals surface area contributed by atoms with Gasteiger partial charge in [0.2, 0.25) is 0 Å². The Labute approximate surface area is 129 Å². The monoisotopic (exact) mass is 313 g/mol. The molecule has 2 atom stereocenters. The van der Waals surface area contributed by atoms with Gasteiger partial charge in [-0.3, -0.25) is 4.21 Å². The molecule has 2 rings (SSSR count). The molecule has 112 valence electrons. The highest BCUT2D eigenvalue weighted by molar-refractivity contribution is 7.84. The van der Waals surface area contributed by atoms with Gasteiger partial charge in [-0.2, -0.15) is 0 Å². The standard InChI is InChI=1S/C16H24ClNOS/c1-18-16(13-7-3-2-4-8-13)12-20(19)11-14-9-5-6-10-15(14)17/h5-6,9-10,13,16,18H,2-4,7-8,11-12H2,1H3. The fourth-order valence-electron chi connectivity index (χ4n) is 3.04. The molecule has 20 heavy (non-hydrogen) atoms. The summed E-state index contributed by atoms with van der Waals surface area (Å²) in [7, 11) is 1.13. The molecular weight excluding hydrogens is 290 g/mol. The number of nitrogens with one attached hydrogen (secondary N) is 1. The predicted molar refractivity (Wildman–Crippen MR) is 87.6 cm³/mol. The van der Waals surface area contributed by atoms with Crippen molar-refractivity contribution < 1.29 is 4.21 Å². The van der Waals surface area contributed by atoms with Gasteiger partial charge in [0.1, 0.15) is 0 Å². The first-order valence-corrected chi connectivity index (χ1v) is 9.33. The van der Waals surface area contributed by atoms with E-state index in [1.807, 2.05) is 31.3 Å². The predicted octanol–water partition coefficient (Wildman–Crippen LogP) is 3.76. The van der Waals surface area contributed by atoms with Crippen LogP contribution < -0.4 is 5.32 Å². The van der Waals surface area contributed by atoms with E-state index in [1.54, 1.807) is 0 Å². The Morgan fingerprint density at radius 3 is 2.65 bits per heavy atom. The minimum absolute atomic E-state index is 0.374. The second-order valence-corrected chi connectivity index (χ2v) is 7.54. The SMILES string of the molecule is CNC(CS(=O)Cc1ccccc1Cl)C1CCCCC1. The number of hydrogen-bond donors (Lipinski definition) is 1. The van der Waals surface area contributed by atoms with Crippen molar-refractivity contribution in [3.05, 3.63) is 34.9 Å². The first-order valence-electron chi connectivity index (χ1n) is 7.46. The van der Waals surface area contributed by atoms with Crippen LogP contribution in [-0.4, -0.2) is 23.1 Å². The summed E-state index contributed by atoms with van der Waals surface area (Å²) >= 11 is 6.14. The summed E-state index contributed by atoms with van der Waals surface area (Å²) in [5, 5.41) is 4.10. The summed E-state index contributed by atoms with van der Waals surface area (Å²) < 4.78 is 12.4.